The first-order valence-corrected chi connectivity index (χ1v) is 15.1. The molecule has 1 aliphatic carbocycles. The molecule has 1 heterocycles. The Kier molecular flexibility index (Phi) is 9.67. The second-order valence-corrected chi connectivity index (χ2v) is 12.2. The number of benzene rings is 3. The molecule has 5 rings (SSSR count). The van der Waals surface area contributed by atoms with Crippen LogP contribution < -0.4 is 5.32 Å². The van der Waals surface area contributed by atoms with E-state index in [4.69, 9.17) is 27.9 Å². The molecule has 1 N–H and O–H groups in total. The number of carbonyl (C=O) groups is 1. The van der Waals surface area contributed by atoms with Gasteiger partial charge in [-0.25, -0.2) is 0 Å². The predicted molar refractivity (Wildman–Crippen MR) is 162 cm³/mol. The van der Waals surface area contributed by atoms with Crippen molar-refractivity contribution >= 4 is 34.8 Å². The zero-order valence-corrected chi connectivity index (χ0v) is 25.0. The molecule has 2 unspecified atom stereocenters. The summed E-state index contributed by atoms with van der Waals surface area (Å²) in [6, 6.07) is 22.0. The Hall–Kier alpha value is -3.09. The summed E-state index contributed by atoms with van der Waals surface area (Å²) in [5.74, 6) is -1.63. The summed E-state index contributed by atoms with van der Waals surface area (Å²) >= 11 is 12.1. The number of likely N-dealkylation sites (tertiary alicyclic amines) is 1. The second-order valence-electron chi connectivity index (χ2n) is 11.4. The number of hydrogen-bond donors (Lipinski definition) is 1. The van der Waals surface area contributed by atoms with Crippen LogP contribution in [0.4, 0.5) is 18.9 Å². The topological polar surface area (TPSA) is 65.4 Å². The zero-order chi connectivity index (χ0) is 30.6. The Morgan fingerprint density at radius 1 is 1.00 bits per heavy atom. The Morgan fingerprint density at radius 3 is 2.35 bits per heavy atom. The number of halogens is 5. The van der Waals surface area contributed by atoms with Gasteiger partial charge < -0.3 is 15.0 Å². The molecule has 226 valence electrons. The molecular weight excluding hydrogens is 598 g/mol. The highest BCUT2D eigenvalue weighted by atomic mass is 35.5. The Labute approximate surface area is 259 Å². The number of nitrogens with one attached hydrogen (secondary N) is 1. The molecule has 2 aliphatic rings. The van der Waals surface area contributed by atoms with Gasteiger partial charge in [0.1, 0.15) is 6.61 Å². The molecule has 0 radical (unpaired) electrons. The van der Waals surface area contributed by atoms with Crippen LogP contribution in [0.1, 0.15) is 49.7 Å². The highest BCUT2D eigenvalue weighted by Gasteiger charge is 2.45. The van der Waals surface area contributed by atoms with Crippen molar-refractivity contribution in [2.45, 2.75) is 56.3 Å². The van der Waals surface area contributed by atoms with E-state index in [9.17, 15) is 23.2 Å². The van der Waals surface area contributed by atoms with Crippen LogP contribution in [0.25, 0.3) is 11.1 Å². The maximum atomic E-state index is 13.5. The number of piperidine rings is 1. The van der Waals surface area contributed by atoms with Crippen molar-refractivity contribution in [2.75, 3.05) is 25.0 Å². The number of ether oxygens (including phenoxy) is 1. The molecule has 3 aromatic rings. The monoisotopic (exact) mass is 629 g/mol. The number of nitriles is 1. The molecule has 0 bridgehead atoms. The number of rotatable bonds is 7. The molecule has 0 aromatic heterocycles. The summed E-state index contributed by atoms with van der Waals surface area (Å²) in [6.07, 6.45) is -1.48. The first-order chi connectivity index (χ1) is 20.5. The van der Waals surface area contributed by atoms with Gasteiger partial charge in [0.15, 0.2) is 0 Å². The molecule has 1 saturated heterocycles. The Balaban J connectivity index is 1.33. The first kappa shape index (κ1) is 31.3. The highest BCUT2D eigenvalue weighted by Crippen LogP contribution is 2.43. The molecule has 43 heavy (non-hydrogen) atoms. The third kappa shape index (κ3) is 7.71. The van der Waals surface area contributed by atoms with Gasteiger partial charge in [-0.1, -0.05) is 66.0 Å². The van der Waals surface area contributed by atoms with E-state index in [2.05, 4.69) is 16.3 Å². The number of amides is 1. The summed E-state index contributed by atoms with van der Waals surface area (Å²) in [4.78, 5) is 15.1. The van der Waals surface area contributed by atoms with Crippen molar-refractivity contribution < 1.29 is 22.7 Å². The van der Waals surface area contributed by atoms with E-state index in [1.54, 1.807) is 24.3 Å². The van der Waals surface area contributed by atoms with Crippen LogP contribution in [-0.2, 0) is 15.1 Å². The van der Waals surface area contributed by atoms with Gasteiger partial charge in [0.2, 0.25) is 5.91 Å². The van der Waals surface area contributed by atoms with E-state index in [-0.39, 0.29) is 31.4 Å². The third-order valence-electron chi connectivity index (χ3n) is 8.59. The van der Waals surface area contributed by atoms with E-state index in [1.807, 2.05) is 42.5 Å². The van der Waals surface area contributed by atoms with E-state index < -0.39 is 17.7 Å². The highest BCUT2D eigenvalue weighted by molar-refractivity contribution is 6.35. The van der Waals surface area contributed by atoms with Crippen LogP contribution in [0.15, 0.2) is 66.7 Å². The maximum absolute atomic E-state index is 13.5. The minimum atomic E-state index is -4.17. The largest absolute Gasteiger partial charge is 0.391 e. The van der Waals surface area contributed by atoms with Gasteiger partial charge in [-0.15, -0.1) is 0 Å². The maximum Gasteiger partial charge on any atom is 0.391 e. The standard InChI is InChI=1S/C33H32Cl2F3N3O2/c34-27-17-28(35)19-29(18-27)40-31(42)21-43-32(25-9-7-23(8-10-25)24-4-1-3-22(15-24)20-39)11-13-41(14-12-32)30-6-2-5-26(16-30)33(36,37)38/h1,3-4,7-10,15,17-19,26,30H,2,5-6,11-14,16,21H2,(H,40,42). The van der Waals surface area contributed by atoms with Gasteiger partial charge in [0.05, 0.1) is 23.2 Å². The Morgan fingerprint density at radius 2 is 1.70 bits per heavy atom. The normalized spacial score (nSPS) is 20.7. The summed E-state index contributed by atoms with van der Waals surface area (Å²) < 4.78 is 46.9. The molecule has 10 heteroatoms. The number of hydrogen-bond acceptors (Lipinski definition) is 4. The lowest BCUT2D eigenvalue weighted by Crippen LogP contribution is -2.50. The SMILES string of the molecule is N#Cc1cccc(-c2ccc(C3(OCC(=O)Nc4cc(Cl)cc(Cl)c4)CCN(C4CCCC(C(F)(F)F)C4)CC3)cc2)c1. The van der Waals surface area contributed by atoms with Crippen molar-refractivity contribution in [3.8, 4) is 17.2 Å². The molecule has 1 amide bonds. The lowest BCUT2D eigenvalue weighted by molar-refractivity contribution is -0.188. The van der Waals surface area contributed by atoms with Gasteiger partial charge in [0.25, 0.3) is 0 Å². The van der Waals surface area contributed by atoms with Crippen molar-refractivity contribution in [2.24, 2.45) is 5.92 Å². The number of anilines is 1. The molecule has 1 saturated carbocycles. The van der Waals surface area contributed by atoms with Crippen LogP contribution in [0.2, 0.25) is 10.0 Å². The number of carbonyl (C=O) groups excluding carboxylic acids is 1. The fraction of sp³-hybridized carbons (Fsp3) is 0.394. The average molecular weight is 631 g/mol. The van der Waals surface area contributed by atoms with E-state index in [0.29, 0.717) is 53.6 Å². The number of nitrogens with zero attached hydrogens (tertiary/aromatic N) is 2. The fourth-order valence-electron chi connectivity index (χ4n) is 6.32. The lowest BCUT2D eigenvalue weighted by atomic mass is 9.80. The van der Waals surface area contributed by atoms with Gasteiger partial charge >= 0.3 is 6.18 Å². The van der Waals surface area contributed by atoms with Gasteiger partial charge in [-0.3, -0.25) is 4.79 Å². The van der Waals surface area contributed by atoms with Crippen LogP contribution in [0.3, 0.4) is 0 Å². The van der Waals surface area contributed by atoms with Gasteiger partial charge in [0, 0.05) is 34.9 Å². The average Bonchev–Trinajstić information content (AvgIpc) is 2.99. The Bertz CT molecular complexity index is 1460. The molecule has 3 aromatic carbocycles. The van der Waals surface area contributed by atoms with E-state index >= 15 is 0 Å². The molecule has 0 spiro atoms. The smallest absolute Gasteiger partial charge is 0.360 e. The summed E-state index contributed by atoms with van der Waals surface area (Å²) in [7, 11) is 0. The van der Waals surface area contributed by atoms with Crippen LogP contribution in [0.5, 0.6) is 0 Å². The summed E-state index contributed by atoms with van der Waals surface area (Å²) in [5.41, 5.74) is 2.95. The van der Waals surface area contributed by atoms with Crippen molar-refractivity contribution in [3.63, 3.8) is 0 Å². The van der Waals surface area contributed by atoms with Gasteiger partial charge in [-0.2, -0.15) is 18.4 Å². The molecular formula is C33H32Cl2F3N3O2. The quantitative estimate of drug-likeness (QED) is 0.284. The molecule has 2 atom stereocenters. The molecule has 2 fully saturated rings. The summed E-state index contributed by atoms with van der Waals surface area (Å²) in [6.45, 7) is 0.898. The molecule has 1 aliphatic heterocycles. The predicted octanol–water partition coefficient (Wildman–Crippen LogP) is 8.60. The van der Waals surface area contributed by atoms with E-state index in [1.165, 1.54) is 0 Å². The lowest BCUT2D eigenvalue weighted by Gasteiger charge is -2.46. The van der Waals surface area contributed by atoms with E-state index in [0.717, 1.165) is 23.1 Å². The minimum absolute atomic E-state index is 0.121. The molecule has 5 nitrogen and oxygen atoms in total. The fourth-order valence-corrected chi connectivity index (χ4v) is 6.85. The minimum Gasteiger partial charge on any atom is -0.360 e. The van der Waals surface area contributed by atoms with Crippen LogP contribution >= 0.6 is 23.2 Å². The first-order valence-electron chi connectivity index (χ1n) is 14.4. The van der Waals surface area contributed by atoms with Crippen molar-refractivity contribution in [1.29, 1.82) is 5.26 Å². The third-order valence-corrected chi connectivity index (χ3v) is 9.03. The second kappa shape index (κ2) is 13.3. The van der Waals surface area contributed by atoms with Crippen molar-refractivity contribution in [3.05, 3.63) is 87.9 Å². The van der Waals surface area contributed by atoms with Crippen LogP contribution in [-0.4, -0.2) is 42.7 Å². The van der Waals surface area contributed by atoms with Gasteiger partial charge in [-0.05, 0) is 79.1 Å². The van der Waals surface area contributed by atoms with Crippen LogP contribution in [0, 0.1) is 17.2 Å². The summed E-state index contributed by atoms with van der Waals surface area (Å²) in [5, 5.41) is 12.8. The van der Waals surface area contributed by atoms with Crippen molar-refractivity contribution in [1.82, 2.24) is 4.90 Å². The zero-order valence-electron chi connectivity index (χ0n) is 23.5. The number of alkyl halides is 3.